The van der Waals surface area contributed by atoms with Crippen molar-refractivity contribution in [3.63, 3.8) is 0 Å². The van der Waals surface area contributed by atoms with Crippen molar-refractivity contribution in [2.75, 3.05) is 0 Å². The van der Waals surface area contributed by atoms with Crippen molar-refractivity contribution in [3.05, 3.63) is 47.5 Å². The van der Waals surface area contributed by atoms with Gasteiger partial charge in [-0.25, -0.2) is 4.98 Å². The van der Waals surface area contributed by atoms with E-state index in [0.29, 0.717) is 11.4 Å². The Balaban J connectivity index is 2.09. The van der Waals surface area contributed by atoms with E-state index in [4.69, 9.17) is 0 Å². The van der Waals surface area contributed by atoms with Crippen LogP contribution in [0.25, 0.3) is 10.2 Å². The molecule has 0 saturated heterocycles. The van der Waals surface area contributed by atoms with Crippen molar-refractivity contribution in [1.29, 1.82) is 0 Å². The second kappa shape index (κ2) is 3.78. The first-order valence-electron chi connectivity index (χ1n) is 5.11. The number of carbonyl (C=O) groups excluding carboxylic acids is 1. The van der Waals surface area contributed by atoms with Crippen LogP contribution in [0.2, 0.25) is 0 Å². The fourth-order valence-corrected chi connectivity index (χ4v) is 2.46. The monoisotopic (exact) mass is 243 g/mol. The molecule has 0 aliphatic rings. The third kappa shape index (κ3) is 1.64. The summed E-state index contributed by atoms with van der Waals surface area (Å²) in [6.07, 6.45) is 4.97. The second-order valence-electron chi connectivity index (χ2n) is 3.72. The van der Waals surface area contributed by atoms with Gasteiger partial charge in [0, 0.05) is 31.2 Å². The number of aryl methyl sites for hydroxylation is 1. The van der Waals surface area contributed by atoms with Crippen LogP contribution in [0.15, 0.2) is 36.1 Å². The van der Waals surface area contributed by atoms with Gasteiger partial charge < -0.3 is 4.57 Å². The topological polar surface area (TPSA) is 47.8 Å². The average molecular weight is 243 g/mol. The molecule has 0 aromatic carbocycles. The van der Waals surface area contributed by atoms with Gasteiger partial charge in [0.25, 0.3) is 0 Å². The number of ketones is 1. The Bertz CT molecular complexity index is 698. The van der Waals surface area contributed by atoms with Crippen LogP contribution in [0.3, 0.4) is 0 Å². The molecule has 3 aromatic heterocycles. The SMILES string of the molecule is Cn1ccnc1C(=O)c1cnc2ccsc2c1. The molecule has 0 aliphatic heterocycles. The van der Waals surface area contributed by atoms with Crippen molar-refractivity contribution < 1.29 is 4.79 Å². The lowest BCUT2D eigenvalue weighted by molar-refractivity contribution is 0.102. The van der Waals surface area contributed by atoms with Gasteiger partial charge in [-0.3, -0.25) is 9.78 Å². The number of pyridine rings is 1. The van der Waals surface area contributed by atoms with Crippen molar-refractivity contribution in [3.8, 4) is 0 Å². The first-order chi connectivity index (χ1) is 8.25. The zero-order chi connectivity index (χ0) is 11.8. The summed E-state index contributed by atoms with van der Waals surface area (Å²) < 4.78 is 2.73. The van der Waals surface area contributed by atoms with Gasteiger partial charge in [-0.05, 0) is 17.5 Å². The summed E-state index contributed by atoms with van der Waals surface area (Å²) in [5.41, 5.74) is 1.50. The highest BCUT2D eigenvalue weighted by Gasteiger charge is 2.14. The van der Waals surface area contributed by atoms with Crippen molar-refractivity contribution in [2.45, 2.75) is 0 Å². The molecule has 0 fully saturated rings. The Labute approximate surface area is 102 Å². The van der Waals surface area contributed by atoms with E-state index < -0.39 is 0 Å². The fraction of sp³-hybridized carbons (Fsp3) is 0.0833. The maximum Gasteiger partial charge on any atom is 0.230 e. The number of hydrogen-bond acceptors (Lipinski definition) is 4. The van der Waals surface area contributed by atoms with E-state index in [2.05, 4.69) is 9.97 Å². The van der Waals surface area contributed by atoms with Gasteiger partial charge in [0.2, 0.25) is 5.78 Å². The molecule has 5 heteroatoms. The lowest BCUT2D eigenvalue weighted by atomic mass is 10.2. The lowest BCUT2D eigenvalue weighted by Gasteiger charge is -2.00. The Morgan fingerprint density at radius 3 is 3.06 bits per heavy atom. The highest BCUT2D eigenvalue weighted by Crippen LogP contribution is 2.20. The second-order valence-corrected chi connectivity index (χ2v) is 4.67. The molecule has 0 spiro atoms. The number of imidazole rings is 1. The van der Waals surface area contributed by atoms with Crippen molar-refractivity contribution in [1.82, 2.24) is 14.5 Å². The Kier molecular flexibility index (Phi) is 2.26. The molecule has 0 N–H and O–H groups in total. The maximum atomic E-state index is 12.2. The van der Waals surface area contributed by atoms with E-state index in [9.17, 15) is 4.79 Å². The van der Waals surface area contributed by atoms with Crippen molar-refractivity contribution in [2.24, 2.45) is 7.05 Å². The number of hydrogen-bond donors (Lipinski definition) is 0. The Morgan fingerprint density at radius 2 is 2.29 bits per heavy atom. The normalized spacial score (nSPS) is 10.9. The molecule has 4 nitrogen and oxygen atoms in total. The smallest absolute Gasteiger partial charge is 0.230 e. The minimum absolute atomic E-state index is 0.0969. The van der Waals surface area contributed by atoms with Gasteiger partial charge in [-0.15, -0.1) is 11.3 Å². The van der Waals surface area contributed by atoms with E-state index in [1.165, 1.54) is 0 Å². The van der Waals surface area contributed by atoms with Crippen LogP contribution in [-0.2, 0) is 7.05 Å². The van der Waals surface area contributed by atoms with E-state index in [0.717, 1.165) is 10.2 Å². The number of fused-ring (bicyclic) bond motifs is 1. The first-order valence-corrected chi connectivity index (χ1v) is 5.99. The predicted molar refractivity (Wildman–Crippen MR) is 66.3 cm³/mol. The molecule has 17 heavy (non-hydrogen) atoms. The van der Waals surface area contributed by atoms with Gasteiger partial charge in [0.05, 0.1) is 10.2 Å². The van der Waals surface area contributed by atoms with Gasteiger partial charge >= 0.3 is 0 Å². The van der Waals surface area contributed by atoms with E-state index in [1.807, 2.05) is 17.5 Å². The first kappa shape index (κ1) is 10.2. The zero-order valence-electron chi connectivity index (χ0n) is 9.12. The summed E-state index contributed by atoms with van der Waals surface area (Å²) in [6.45, 7) is 0. The standard InChI is InChI=1S/C12H9N3OS/c1-15-4-3-13-12(15)11(16)8-6-10-9(14-7-8)2-5-17-10/h2-7H,1H3. The molecular weight excluding hydrogens is 234 g/mol. The predicted octanol–water partition coefficient (Wildman–Crippen LogP) is 2.26. The van der Waals surface area contributed by atoms with Crippen LogP contribution < -0.4 is 0 Å². The summed E-state index contributed by atoms with van der Waals surface area (Å²) in [6, 6.07) is 3.80. The average Bonchev–Trinajstić information content (AvgIpc) is 2.95. The van der Waals surface area contributed by atoms with Gasteiger partial charge in [0.15, 0.2) is 5.82 Å². The molecule has 3 heterocycles. The number of aromatic nitrogens is 3. The largest absolute Gasteiger partial charge is 0.331 e. The molecule has 0 bridgehead atoms. The molecule has 3 aromatic rings. The van der Waals surface area contributed by atoms with Crippen LogP contribution in [-0.4, -0.2) is 20.3 Å². The van der Waals surface area contributed by atoms with Crippen LogP contribution in [0.1, 0.15) is 16.2 Å². The number of rotatable bonds is 2. The van der Waals surface area contributed by atoms with Gasteiger partial charge in [0.1, 0.15) is 0 Å². The van der Waals surface area contributed by atoms with E-state index in [-0.39, 0.29) is 5.78 Å². The van der Waals surface area contributed by atoms with Crippen LogP contribution in [0.5, 0.6) is 0 Å². The van der Waals surface area contributed by atoms with E-state index in [1.54, 1.807) is 41.5 Å². The molecule has 0 amide bonds. The third-order valence-electron chi connectivity index (χ3n) is 2.59. The highest BCUT2D eigenvalue weighted by molar-refractivity contribution is 7.17. The van der Waals surface area contributed by atoms with Crippen LogP contribution in [0.4, 0.5) is 0 Å². The molecule has 0 saturated carbocycles. The molecule has 0 aliphatic carbocycles. The van der Waals surface area contributed by atoms with Crippen LogP contribution in [0, 0.1) is 0 Å². The quantitative estimate of drug-likeness (QED) is 0.649. The maximum absolute atomic E-state index is 12.2. The minimum atomic E-state index is -0.0969. The molecule has 0 atom stereocenters. The Hall–Kier alpha value is -2.01. The molecule has 84 valence electrons. The van der Waals surface area contributed by atoms with Gasteiger partial charge in [-0.2, -0.15) is 0 Å². The van der Waals surface area contributed by atoms with Crippen LogP contribution >= 0.6 is 11.3 Å². The molecule has 3 rings (SSSR count). The summed E-state index contributed by atoms with van der Waals surface area (Å²) in [7, 11) is 1.80. The Morgan fingerprint density at radius 1 is 1.41 bits per heavy atom. The molecule has 0 radical (unpaired) electrons. The minimum Gasteiger partial charge on any atom is -0.331 e. The summed E-state index contributed by atoms with van der Waals surface area (Å²) >= 11 is 1.58. The van der Waals surface area contributed by atoms with Gasteiger partial charge in [-0.1, -0.05) is 0 Å². The molecule has 0 unspecified atom stereocenters. The van der Waals surface area contributed by atoms with E-state index >= 15 is 0 Å². The lowest BCUT2D eigenvalue weighted by Crippen LogP contribution is -2.08. The summed E-state index contributed by atoms with van der Waals surface area (Å²) in [5, 5.41) is 1.96. The summed E-state index contributed by atoms with van der Waals surface area (Å²) in [4.78, 5) is 20.5. The van der Waals surface area contributed by atoms with Crippen molar-refractivity contribution >= 4 is 27.3 Å². The highest BCUT2D eigenvalue weighted by atomic mass is 32.1. The number of nitrogens with zero attached hydrogens (tertiary/aromatic N) is 3. The third-order valence-corrected chi connectivity index (χ3v) is 3.44. The number of thiophene rings is 1. The zero-order valence-corrected chi connectivity index (χ0v) is 9.94. The number of carbonyl (C=O) groups is 1. The molecular formula is C12H9N3OS. The summed E-state index contributed by atoms with van der Waals surface area (Å²) in [5.74, 6) is 0.336. The fourth-order valence-electron chi connectivity index (χ4n) is 1.68.